The fourth-order valence-electron chi connectivity index (χ4n) is 2.38. The van der Waals surface area contributed by atoms with E-state index in [1.807, 2.05) is 12.3 Å². The van der Waals surface area contributed by atoms with Gasteiger partial charge in [-0.25, -0.2) is 0 Å². The highest BCUT2D eigenvalue weighted by Crippen LogP contribution is 2.06. The van der Waals surface area contributed by atoms with E-state index in [2.05, 4.69) is 17.1 Å². The molecule has 0 aromatic carbocycles. The minimum atomic E-state index is 0.0932. The average Bonchev–Trinajstić information content (AvgIpc) is 2.38. The molecule has 4 nitrogen and oxygen atoms in total. The number of hydrogen-bond acceptors (Lipinski definition) is 3. The highest BCUT2D eigenvalue weighted by molar-refractivity contribution is 4.93. The van der Waals surface area contributed by atoms with E-state index in [0.717, 1.165) is 39.1 Å². The highest BCUT2D eigenvalue weighted by atomic mass is 16.1. The van der Waals surface area contributed by atoms with Gasteiger partial charge in [-0.05, 0) is 12.5 Å². The second-order valence-electron chi connectivity index (χ2n) is 4.53. The zero-order valence-electron chi connectivity index (χ0n) is 10.4. The molecule has 2 heterocycles. The van der Waals surface area contributed by atoms with Crippen LogP contribution in [0.3, 0.4) is 0 Å². The highest BCUT2D eigenvalue weighted by Gasteiger charge is 2.19. The number of rotatable bonds is 4. The summed E-state index contributed by atoms with van der Waals surface area (Å²) in [5.41, 5.74) is 0.0932. The molecule has 1 aromatic heterocycles. The largest absolute Gasteiger partial charge is 0.314 e. The third kappa shape index (κ3) is 3.17. The lowest BCUT2D eigenvalue weighted by atomic mass is 10.1. The number of nitrogens with one attached hydrogen (secondary N) is 1. The number of aromatic nitrogens is 1. The van der Waals surface area contributed by atoms with Crippen molar-refractivity contribution in [3.8, 4) is 0 Å². The Morgan fingerprint density at radius 2 is 2.29 bits per heavy atom. The van der Waals surface area contributed by atoms with Crippen LogP contribution in [0, 0.1) is 0 Å². The van der Waals surface area contributed by atoms with Crippen LogP contribution in [0.2, 0.25) is 0 Å². The molecule has 0 radical (unpaired) electrons. The molecule has 1 aliphatic heterocycles. The monoisotopic (exact) mass is 235 g/mol. The molecule has 1 saturated heterocycles. The van der Waals surface area contributed by atoms with Crippen LogP contribution in [0.25, 0.3) is 0 Å². The molecule has 1 fully saturated rings. The molecular weight excluding hydrogens is 214 g/mol. The van der Waals surface area contributed by atoms with Crippen molar-refractivity contribution in [3.63, 3.8) is 0 Å². The van der Waals surface area contributed by atoms with E-state index in [-0.39, 0.29) is 5.56 Å². The normalized spacial score (nSPS) is 21.6. The van der Waals surface area contributed by atoms with Crippen LogP contribution in [0.5, 0.6) is 0 Å². The van der Waals surface area contributed by atoms with Crippen molar-refractivity contribution in [1.82, 2.24) is 14.8 Å². The van der Waals surface area contributed by atoms with Crippen molar-refractivity contribution >= 4 is 0 Å². The molecule has 1 aliphatic rings. The van der Waals surface area contributed by atoms with Gasteiger partial charge in [0.1, 0.15) is 0 Å². The van der Waals surface area contributed by atoms with E-state index in [4.69, 9.17) is 0 Å². The predicted octanol–water partition coefficient (Wildman–Crippen LogP) is 0.532. The van der Waals surface area contributed by atoms with Gasteiger partial charge in [0.2, 0.25) is 0 Å². The second kappa shape index (κ2) is 5.98. The first-order valence-corrected chi connectivity index (χ1v) is 6.41. The first-order valence-electron chi connectivity index (χ1n) is 6.41. The smallest absolute Gasteiger partial charge is 0.250 e. The zero-order chi connectivity index (χ0) is 12.1. The summed E-state index contributed by atoms with van der Waals surface area (Å²) in [4.78, 5) is 14.1. The lowest BCUT2D eigenvalue weighted by molar-refractivity contribution is 0.151. The minimum absolute atomic E-state index is 0.0932. The van der Waals surface area contributed by atoms with Crippen molar-refractivity contribution < 1.29 is 0 Å². The minimum Gasteiger partial charge on any atom is -0.314 e. The number of pyridine rings is 1. The molecular formula is C13H21N3O. The molecule has 1 atom stereocenters. The maximum Gasteiger partial charge on any atom is 0.250 e. The Morgan fingerprint density at radius 1 is 1.41 bits per heavy atom. The molecule has 1 aromatic rings. The number of nitrogens with zero attached hydrogens (tertiary/aromatic N) is 2. The quantitative estimate of drug-likeness (QED) is 0.827. The first kappa shape index (κ1) is 12.3. The standard InChI is InChI=1S/C13H21N3O/c1-2-12-11-14-6-8-15(12)9-10-16-7-4-3-5-13(16)17/h3-5,7,12,14H,2,6,8-11H2,1H3. The van der Waals surface area contributed by atoms with Gasteiger partial charge in [-0.1, -0.05) is 13.0 Å². The Balaban J connectivity index is 1.93. The van der Waals surface area contributed by atoms with E-state index in [1.165, 1.54) is 0 Å². The molecule has 0 bridgehead atoms. The average molecular weight is 235 g/mol. The van der Waals surface area contributed by atoms with Gasteiger partial charge in [-0.3, -0.25) is 9.69 Å². The van der Waals surface area contributed by atoms with E-state index < -0.39 is 0 Å². The number of piperazine rings is 1. The Bertz CT molecular complexity index is 402. The predicted molar refractivity (Wildman–Crippen MR) is 69.2 cm³/mol. The van der Waals surface area contributed by atoms with E-state index in [0.29, 0.717) is 6.04 Å². The third-order valence-corrected chi connectivity index (χ3v) is 3.47. The van der Waals surface area contributed by atoms with Crippen LogP contribution in [0.15, 0.2) is 29.2 Å². The van der Waals surface area contributed by atoms with Crippen LogP contribution in [-0.2, 0) is 6.54 Å². The van der Waals surface area contributed by atoms with Gasteiger partial charge in [0.25, 0.3) is 5.56 Å². The van der Waals surface area contributed by atoms with Crippen LogP contribution in [0.1, 0.15) is 13.3 Å². The molecule has 1 N–H and O–H groups in total. The van der Waals surface area contributed by atoms with Crippen molar-refractivity contribution in [2.75, 3.05) is 26.2 Å². The summed E-state index contributed by atoms with van der Waals surface area (Å²) in [6.07, 6.45) is 3.03. The topological polar surface area (TPSA) is 37.3 Å². The van der Waals surface area contributed by atoms with Crippen LogP contribution in [-0.4, -0.2) is 41.7 Å². The van der Waals surface area contributed by atoms with Gasteiger partial charge in [0, 0.05) is 51.0 Å². The summed E-state index contributed by atoms with van der Waals surface area (Å²) >= 11 is 0. The van der Waals surface area contributed by atoms with Crippen molar-refractivity contribution in [1.29, 1.82) is 0 Å². The maximum absolute atomic E-state index is 11.6. The molecule has 4 heteroatoms. The lowest BCUT2D eigenvalue weighted by Gasteiger charge is -2.35. The van der Waals surface area contributed by atoms with E-state index in [9.17, 15) is 4.79 Å². The summed E-state index contributed by atoms with van der Waals surface area (Å²) in [6.45, 7) is 7.18. The van der Waals surface area contributed by atoms with Crippen molar-refractivity contribution in [2.24, 2.45) is 0 Å². The molecule has 2 rings (SSSR count). The molecule has 17 heavy (non-hydrogen) atoms. The summed E-state index contributed by atoms with van der Waals surface area (Å²) in [5, 5.41) is 3.42. The summed E-state index contributed by atoms with van der Waals surface area (Å²) in [7, 11) is 0. The molecule has 0 aliphatic carbocycles. The molecule has 0 saturated carbocycles. The van der Waals surface area contributed by atoms with Crippen molar-refractivity contribution in [2.45, 2.75) is 25.9 Å². The van der Waals surface area contributed by atoms with Gasteiger partial charge in [-0.15, -0.1) is 0 Å². The van der Waals surface area contributed by atoms with Crippen molar-refractivity contribution in [3.05, 3.63) is 34.7 Å². The van der Waals surface area contributed by atoms with Gasteiger partial charge in [0.15, 0.2) is 0 Å². The second-order valence-corrected chi connectivity index (χ2v) is 4.53. The molecule has 1 unspecified atom stereocenters. The maximum atomic E-state index is 11.6. The van der Waals surface area contributed by atoms with Gasteiger partial charge < -0.3 is 9.88 Å². The van der Waals surface area contributed by atoms with Gasteiger partial charge >= 0.3 is 0 Å². The van der Waals surface area contributed by atoms with Crippen LogP contribution >= 0.6 is 0 Å². The molecule has 0 amide bonds. The Kier molecular flexibility index (Phi) is 4.34. The Labute approximate surface area is 102 Å². The van der Waals surface area contributed by atoms with Gasteiger partial charge in [-0.2, -0.15) is 0 Å². The summed E-state index contributed by atoms with van der Waals surface area (Å²) in [6, 6.07) is 5.94. The third-order valence-electron chi connectivity index (χ3n) is 3.47. The van der Waals surface area contributed by atoms with E-state index >= 15 is 0 Å². The molecule has 94 valence electrons. The van der Waals surface area contributed by atoms with Crippen LogP contribution in [0.4, 0.5) is 0 Å². The Hall–Kier alpha value is -1.13. The summed E-state index contributed by atoms with van der Waals surface area (Å²) in [5.74, 6) is 0. The zero-order valence-corrected chi connectivity index (χ0v) is 10.4. The van der Waals surface area contributed by atoms with Crippen LogP contribution < -0.4 is 10.9 Å². The summed E-state index contributed by atoms with van der Waals surface area (Å²) < 4.78 is 1.79. The molecule has 0 spiro atoms. The number of hydrogen-bond donors (Lipinski definition) is 1. The van der Waals surface area contributed by atoms with E-state index in [1.54, 1.807) is 16.7 Å². The first-order chi connectivity index (χ1) is 8.31. The fraction of sp³-hybridized carbons (Fsp3) is 0.615. The van der Waals surface area contributed by atoms with Gasteiger partial charge in [0.05, 0.1) is 0 Å². The Morgan fingerprint density at radius 3 is 3.06 bits per heavy atom. The lowest BCUT2D eigenvalue weighted by Crippen LogP contribution is -2.51. The SMILES string of the molecule is CCC1CNCCN1CCn1ccccc1=O. The fourth-order valence-corrected chi connectivity index (χ4v) is 2.38.